The van der Waals surface area contributed by atoms with Crippen LogP contribution in [0.2, 0.25) is 0 Å². The first-order valence-corrected chi connectivity index (χ1v) is 3.71. The van der Waals surface area contributed by atoms with Gasteiger partial charge < -0.3 is 10.8 Å². The fourth-order valence-corrected chi connectivity index (χ4v) is 0.896. The zero-order valence-corrected chi connectivity index (χ0v) is 6.77. The van der Waals surface area contributed by atoms with Gasteiger partial charge in [-0.3, -0.25) is 4.98 Å². The molecule has 0 bridgehead atoms. The smallest absolute Gasteiger partial charge is 0.0683 e. The van der Waals surface area contributed by atoms with Crippen LogP contribution in [0.5, 0.6) is 0 Å². The largest absolute Gasteiger partial charge is 0.392 e. The average Bonchev–Trinajstić information content (AvgIpc) is 2.17. The van der Waals surface area contributed by atoms with Crippen LogP contribution in [0.4, 0.5) is 0 Å². The molecule has 3 heteroatoms. The standard InChI is InChI=1S/C9H12N2O/c1-2-8(10)9-5-7(6-12)3-4-11-9/h2-5,8,12H,1,6,10H2. The molecule has 0 aliphatic heterocycles. The summed E-state index contributed by atoms with van der Waals surface area (Å²) < 4.78 is 0. The third kappa shape index (κ3) is 1.90. The van der Waals surface area contributed by atoms with Gasteiger partial charge in [0.25, 0.3) is 0 Å². The van der Waals surface area contributed by atoms with Gasteiger partial charge >= 0.3 is 0 Å². The zero-order chi connectivity index (χ0) is 8.97. The molecule has 1 unspecified atom stereocenters. The van der Waals surface area contributed by atoms with Gasteiger partial charge in [0.2, 0.25) is 0 Å². The molecule has 3 N–H and O–H groups in total. The van der Waals surface area contributed by atoms with Crippen molar-refractivity contribution < 1.29 is 5.11 Å². The quantitative estimate of drug-likeness (QED) is 0.648. The SMILES string of the molecule is C=CC(N)c1cc(CO)ccn1. The Labute approximate surface area is 71.6 Å². The summed E-state index contributed by atoms with van der Waals surface area (Å²) in [6.45, 7) is 3.58. The van der Waals surface area contributed by atoms with Crippen molar-refractivity contribution in [1.82, 2.24) is 4.98 Å². The Hall–Kier alpha value is -1.19. The number of aromatic nitrogens is 1. The maximum Gasteiger partial charge on any atom is 0.0683 e. The van der Waals surface area contributed by atoms with Gasteiger partial charge in [-0.05, 0) is 17.7 Å². The third-order valence-electron chi connectivity index (χ3n) is 1.62. The number of pyridine rings is 1. The monoisotopic (exact) mass is 164 g/mol. The highest BCUT2D eigenvalue weighted by Gasteiger charge is 2.02. The molecule has 3 nitrogen and oxygen atoms in total. The molecule has 1 aromatic heterocycles. The number of aliphatic hydroxyl groups is 1. The van der Waals surface area contributed by atoms with E-state index in [1.807, 2.05) is 0 Å². The van der Waals surface area contributed by atoms with Gasteiger partial charge in [0.15, 0.2) is 0 Å². The Balaban J connectivity index is 2.93. The van der Waals surface area contributed by atoms with Crippen molar-refractivity contribution in [3.8, 4) is 0 Å². The van der Waals surface area contributed by atoms with Crippen LogP contribution in [0.15, 0.2) is 31.0 Å². The van der Waals surface area contributed by atoms with Crippen molar-refractivity contribution in [2.75, 3.05) is 0 Å². The van der Waals surface area contributed by atoms with Gasteiger partial charge in [0.1, 0.15) is 0 Å². The minimum atomic E-state index is -0.253. The number of rotatable bonds is 3. The van der Waals surface area contributed by atoms with Gasteiger partial charge in [-0.15, -0.1) is 6.58 Å². The van der Waals surface area contributed by atoms with E-state index in [-0.39, 0.29) is 12.6 Å². The highest BCUT2D eigenvalue weighted by Crippen LogP contribution is 2.09. The number of aliphatic hydroxyl groups excluding tert-OH is 1. The lowest BCUT2D eigenvalue weighted by atomic mass is 10.1. The number of hydrogen-bond donors (Lipinski definition) is 2. The first kappa shape index (κ1) is 8.90. The normalized spacial score (nSPS) is 12.5. The van der Waals surface area contributed by atoms with Gasteiger partial charge in [-0.25, -0.2) is 0 Å². The highest BCUT2D eigenvalue weighted by molar-refractivity contribution is 5.20. The van der Waals surface area contributed by atoms with E-state index < -0.39 is 0 Å². The third-order valence-corrected chi connectivity index (χ3v) is 1.62. The molecule has 12 heavy (non-hydrogen) atoms. The maximum atomic E-state index is 8.82. The molecule has 0 aromatic carbocycles. The van der Waals surface area contributed by atoms with E-state index in [9.17, 15) is 0 Å². The number of nitrogens with zero attached hydrogens (tertiary/aromatic N) is 1. The van der Waals surface area contributed by atoms with Gasteiger partial charge in [0.05, 0.1) is 18.3 Å². The second kappa shape index (κ2) is 3.99. The van der Waals surface area contributed by atoms with Crippen LogP contribution in [-0.2, 0) is 6.61 Å². The topological polar surface area (TPSA) is 59.1 Å². The minimum absolute atomic E-state index is 0.0133. The van der Waals surface area contributed by atoms with Gasteiger partial charge in [-0.2, -0.15) is 0 Å². The molecule has 0 aliphatic carbocycles. The van der Waals surface area contributed by atoms with Crippen molar-refractivity contribution in [1.29, 1.82) is 0 Å². The van der Waals surface area contributed by atoms with E-state index in [0.717, 1.165) is 11.3 Å². The molecule has 0 fully saturated rings. The van der Waals surface area contributed by atoms with Crippen LogP contribution in [0.1, 0.15) is 17.3 Å². The van der Waals surface area contributed by atoms with Crippen LogP contribution < -0.4 is 5.73 Å². The summed E-state index contributed by atoms with van der Waals surface area (Å²) >= 11 is 0. The predicted molar refractivity (Wildman–Crippen MR) is 47.3 cm³/mol. The van der Waals surface area contributed by atoms with E-state index >= 15 is 0 Å². The van der Waals surface area contributed by atoms with Crippen LogP contribution in [0.25, 0.3) is 0 Å². The maximum absolute atomic E-state index is 8.82. The summed E-state index contributed by atoms with van der Waals surface area (Å²) in [6, 6.07) is 3.27. The van der Waals surface area contributed by atoms with Crippen LogP contribution in [-0.4, -0.2) is 10.1 Å². The van der Waals surface area contributed by atoms with Crippen molar-refractivity contribution >= 4 is 0 Å². The molecule has 1 rings (SSSR count). The molecule has 1 aromatic rings. The Kier molecular flexibility index (Phi) is 2.96. The van der Waals surface area contributed by atoms with Crippen molar-refractivity contribution in [3.63, 3.8) is 0 Å². The molecule has 0 radical (unpaired) electrons. The van der Waals surface area contributed by atoms with Gasteiger partial charge in [-0.1, -0.05) is 6.08 Å². The second-order valence-corrected chi connectivity index (χ2v) is 2.51. The Morgan fingerprint density at radius 3 is 3.08 bits per heavy atom. The van der Waals surface area contributed by atoms with Crippen molar-refractivity contribution in [3.05, 3.63) is 42.2 Å². The molecular formula is C9H12N2O. The Bertz CT molecular complexity index is 273. The summed E-state index contributed by atoms with van der Waals surface area (Å²) in [5.41, 5.74) is 7.21. The molecule has 0 aliphatic rings. The van der Waals surface area contributed by atoms with Crippen LogP contribution in [0, 0.1) is 0 Å². The van der Waals surface area contributed by atoms with Crippen LogP contribution >= 0.6 is 0 Å². The fraction of sp³-hybridized carbons (Fsp3) is 0.222. The summed E-state index contributed by atoms with van der Waals surface area (Å²) in [7, 11) is 0. The first-order chi connectivity index (χ1) is 5.77. The molecule has 0 spiro atoms. The van der Waals surface area contributed by atoms with Crippen LogP contribution in [0.3, 0.4) is 0 Å². The van der Waals surface area contributed by atoms with Crippen molar-refractivity contribution in [2.24, 2.45) is 5.73 Å². The second-order valence-electron chi connectivity index (χ2n) is 2.51. The fourth-order valence-electron chi connectivity index (χ4n) is 0.896. The molecular weight excluding hydrogens is 152 g/mol. The highest BCUT2D eigenvalue weighted by atomic mass is 16.3. The molecule has 0 saturated heterocycles. The summed E-state index contributed by atoms with van der Waals surface area (Å²) in [5, 5.41) is 8.82. The number of nitrogens with two attached hydrogens (primary N) is 1. The first-order valence-electron chi connectivity index (χ1n) is 3.71. The molecule has 64 valence electrons. The van der Waals surface area contributed by atoms with E-state index in [1.54, 1.807) is 24.4 Å². The van der Waals surface area contributed by atoms with Gasteiger partial charge in [0, 0.05) is 6.20 Å². The van der Waals surface area contributed by atoms with Crippen molar-refractivity contribution in [2.45, 2.75) is 12.6 Å². The minimum Gasteiger partial charge on any atom is -0.392 e. The average molecular weight is 164 g/mol. The number of hydrogen-bond acceptors (Lipinski definition) is 3. The molecule has 1 atom stereocenters. The predicted octanol–water partition coefficient (Wildman–Crippen LogP) is 0.760. The summed E-state index contributed by atoms with van der Waals surface area (Å²) in [6.07, 6.45) is 3.24. The molecule has 1 heterocycles. The molecule has 0 saturated carbocycles. The lowest BCUT2D eigenvalue weighted by molar-refractivity contribution is 0.281. The molecule has 0 amide bonds. The Morgan fingerprint density at radius 2 is 2.50 bits per heavy atom. The summed E-state index contributed by atoms with van der Waals surface area (Å²) in [4.78, 5) is 4.05. The van der Waals surface area contributed by atoms with E-state index in [1.165, 1.54) is 0 Å². The lowest BCUT2D eigenvalue weighted by Gasteiger charge is -2.05. The zero-order valence-electron chi connectivity index (χ0n) is 6.77. The Morgan fingerprint density at radius 1 is 1.75 bits per heavy atom. The van der Waals surface area contributed by atoms with E-state index in [4.69, 9.17) is 10.8 Å². The van der Waals surface area contributed by atoms with E-state index in [0.29, 0.717) is 0 Å². The van der Waals surface area contributed by atoms with E-state index in [2.05, 4.69) is 11.6 Å². The summed E-state index contributed by atoms with van der Waals surface area (Å²) in [5.74, 6) is 0. The lowest BCUT2D eigenvalue weighted by Crippen LogP contribution is -2.08.